The highest BCUT2D eigenvalue weighted by atomic mass is 32.2. The normalized spacial score (nSPS) is 16.0. The number of hydrogen-bond acceptors (Lipinski definition) is 4. The van der Waals surface area contributed by atoms with Crippen LogP contribution in [0.15, 0.2) is 24.3 Å². The first-order chi connectivity index (χ1) is 11.1. The maximum atomic E-state index is 13.3. The van der Waals surface area contributed by atoms with Gasteiger partial charge in [-0.3, -0.25) is 4.79 Å². The molecule has 2 heterocycles. The molecule has 8 heteroatoms. The third kappa shape index (κ3) is 3.06. The molecule has 0 aliphatic carbocycles. The van der Waals surface area contributed by atoms with E-state index in [0.29, 0.717) is 17.1 Å². The minimum atomic E-state index is -3.24. The topological polar surface area (TPSA) is 81.1 Å². The maximum Gasteiger partial charge on any atom is 0.256 e. The zero-order valence-electron chi connectivity index (χ0n) is 13.6. The maximum absolute atomic E-state index is 13.3. The summed E-state index contributed by atoms with van der Waals surface area (Å²) in [5, 5.41) is 7.08. The molecule has 1 aliphatic heterocycles. The number of carbonyl (C=O) groups excluding carboxylic acids is 1. The molecule has 0 saturated carbocycles. The van der Waals surface area contributed by atoms with Crippen LogP contribution in [0, 0.1) is 5.82 Å². The van der Waals surface area contributed by atoms with Gasteiger partial charge in [0.05, 0.1) is 22.7 Å². The number of carbonyl (C=O) groups is 1. The van der Waals surface area contributed by atoms with Crippen molar-refractivity contribution in [2.75, 3.05) is 5.32 Å². The quantitative estimate of drug-likeness (QED) is 0.901. The van der Waals surface area contributed by atoms with E-state index in [0.717, 1.165) is 6.07 Å². The number of benzene rings is 1. The highest BCUT2D eigenvalue weighted by Crippen LogP contribution is 2.34. The van der Waals surface area contributed by atoms with Crippen LogP contribution in [0.4, 0.5) is 10.2 Å². The smallest absolute Gasteiger partial charge is 0.256 e. The Bertz CT molecular complexity index is 927. The van der Waals surface area contributed by atoms with Gasteiger partial charge in [0.1, 0.15) is 11.6 Å². The first-order valence-electron chi connectivity index (χ1n) is 7.45. The Hall–Kier alpha value is -2.22. The van der Waals surface area contributed by atoms with E-state index in [-0.39, 0.29) is 17.1 Å². The molecule has 0 unspecified atom stereocenters. The molecule has 0 saturated heterocycles. The molecular formula is C16H18FN3O3S. The third-order valence-corrected chi connectivity index (χ3v) is 5.18. The van der Waals surface area contributed by atoms with Crippen LogP contribution in [0.25, 0.3) is 0 Å². The summed E-state index contributed by atoms with van der Waals surface area (Å²) in [4.78, 5) is 12.4. The lowest BCUT2D eigenvalue weighted by Crippen LogP contribution is -2.27. The van der Waals surface area contributed by atoms with E-state index in [2.05, 4.69) is 10.4 Å². The summed E-state index contributed by atoms with van der Waals surface area (Å²) in [6, 6.07) is 5.32. The standard InChI is InChI=1S/C16H18FN3O3S/c1-16(2,3)20-14(12-8-24(22,23)9-13(12)19-20)18-15(21)10-5-4-6-11(17)7-10/h4-7H,8-9H2,1-3H3,(H,18,21). The third-order valence-electron chi connectivity index (χ3n) is 3.74. The first kappa shape index (κ1) is 16.6. The van der Waals surface area contributed by atoms with Gasteiger partial charge in [0, 0.05) is 11.1 Å². The number of halogens is 1. The van der Waals surface area contributed by atoms with Crippen molar-refractivity contribution in [1.82, 2.24) is 9.78 Å². The molecule has 1 aromatic heterocycles. The Morgan fingerprint density at radius 1 is 1.29 bits per heavy atom. The average molecular weight is 351 g/mol. The molecule has 1 amide bonds. The van der Waals surface area contributed by atoms with E-state index in [4.69, 9.17) is 0 Å². The Kier molecular flexibility index (Phi) is 3.75. The van der Waals surface area contributed by atoms with Crippen LogP contribution in [0.1, 0.15) is 42.4 Å². The highest BCUT2D eigenvalue weighted by molar-refractivity contribution is 7.90. The van der Waals surface area contributed by atoms with Crippen LogP contribution in [0.2, 0.25) is 0 Å². The highest BCUT2D eigenvalue weighted by Gasteiger charge is 2.35. The summed E-state index contributed by atoms with van der Waals surface area (Å²) in [6.45, 7) is 5.71. The SMILES string of the molecule is CC(C)(C)n1nc2c(c1NC(=O)c1cccc(F)c1)CS(=O)(=O)C2. The van der Waals surface area contributed by atoms with Crippen molar-refractivity contribution in [2.45, 2.75) is 37.8 Å². The minimum absolute atomic E-state index is 0.131. The summed E-state index contributed by atoms with van der Waals surface area (Å²) >= 11 is 0. The first-order valence-corrected chi connectivity index (χ1v) is 9.27. The van der Waals surface area contributed by atoms with Gasteiger partial charge >= 0.3 is 0 Å². The monoisotopic (exact) mass is 351 g/mol. The molecule has 3 rings (SSSR count). The van der Waals surface area contributed by atoms with E-state index in [1.165, 1.54) is 18.2 Å². The lowest BCUT2D eigenvalue weighted by Gasteiger charge is -2.23. The summed E-state index contributed by atoms with van der Waals surface area (Å²) < 4.78 is 38.6. The van der Waals surface area contributed by atoms with E-state index >= 15 is 0 Å². The molecule has 1 aliphatic rings. The summed E-state index contributed by atoms with van der Waals surface area (Å²) in [6.07, 6.45) is 0. The summed E-state index contributed by atoms with van der Waals surface area (Å²) in [5.41, 5.74) is 0.680. The van der Waals surface area contributed by atoms with E-state index in [1.54, 1.807) is 4.68 Å². The van der Waals surface area contributed by atoms with E-state index in [9.17, 15) is 17.6 Å². The van der Waals surface area contributed by atoms with E-state index in [1.807, 2.05) is 20.8 Å². The summed E-state index contributed by atoms with van der Waals surface area (Å²) in [7, 11) is -3.24. The van der Waals surface area contributed by atoms with Crippen molar-refractivity contribution in [1.29, 1.82) is 0 Å². The Balaban J connectivity index is 2.02. The number of nitrogens with one attached hydrogen (secondary N) is 1. The van der Waals surface area contributed by atoms with Gasteiger partial charge in [0.2, 0.25) is 0 Å². The second-order valence-electron chi connectivity index (χ2n) is 6.85. The van der Waals surface area contributed by atoms with Gasteiger partial charge in [0.15, 0.2) is 9.84 Å². The van der Waals surface area contributed by atoms with Gasteiger partial charge in [-0.05, 0) is 39.0 Å². The number of hydrogen-bond donors (Lipinski definition) is 1. The fraction of sp³-hybridized carbons (Fsp3) is 0.375. The largest absolute Gasteiger partial charge is 0.306 e. The lowest BCUT2D eigenvalue weighted by atomic mass is 10.1. The number of nitrogens with zero attached hydrogens (tertiary/aromatic N) is 2. The van der Waals surface area contributed by atoms with Gasteiger partial charge in [-0.15, -0.1) is 0 Å². The van der Waals surface area contributed by atoms with Crippen molar-refractivity contribution in [2.24, 2.45) is 0 Å². The molecule has 6 nitrogen and oxygen atoms in total. The second kappa shape index (κ2) is 5.41. The molecule has 0 atom stereocenters. The van der Waals surface area contributed by atoms with Gasteiger partial charge in [0.25, 0.3) is 5.91 Å². The van der Waals surface area contributed by atoms with Crippen LogP contribution in [0.5, 0.6) is 0 Å². The number of aromatic nitrogens is 2. The molecule has 1 N–H and O–H groups in total. The molecule has 128 valence electrons. The predicted molar refractivity (Wildman–Crippen MR) is 87.9 cm³/mol. The second-order valence-corrected chi connectivity index (χ2v) is 8.92. The Labute approximate surface area is 139 Å². The fourth-order valence-corrected chi connectivity index (χ4v) is 4.16. The van der Waals surface area contributed by atoms with Crippen molar-refractivity contribution in [3.05, 3.63) is 46.9 Å². The molecule has 24 heavy (non-hydrogen) atoms. The van der Waals surface area contributed by atoms with Gasteiger partial charge in [-0.1, -0.05) is 6.07 Å². The van der Waals surface area contributed by atoms with Gasteiger partial charge < -0.3 is 5.32 Å². The average Bonchev–Trinajstić information content (AvgIpc) is 2.92. The zero-order valence-corrected chi connectivity index (χ0v) is 14.4. The van der Waals surface area contributed by atoms with Crippen LogP contribution < -0.4 is 5.32 Å². The molecule has 0 radical (unpaired) electrons. The molecule has 0 spiro atoms. The molecule has 1 aromatic carbocycles. The summed E-state index contributed by atoms with van der Waals surface area (Å²) in [5.74, 6) is -0.953. The van der Waals surface area contributed by atoms with Crippen molar-refractivity contribution < 1.29 is 17.6 Å². The molecule has 0 bridgehead atoms. The molecule has 0 fully saturated rings. The number of sulfone groups is 1. The van der Waals surface area contributed by atoms with Crippen LogP contribution in [-0.4, -0.2) is 24.1 Å². The van der Waals surface area contributed by atoms with E-state index < -0.39 is 27.1 Å². The number of rotatable bonds is 2. The lowest BCUT2D eigenvalue weighted by molar-refractivity contribution is 0.102. The Morgan fingerprint density at radius 2 is 2.00 bits per heavy atom. The fourth-order valence-electron chi connectivity index (χ4n) is 2.67. The molecular weight excluding hydrogens is 333 g/mol. The zero-order chi connectivity index (χ0) is 17.7. The van der Waals surface area contributed by atoms with Crippen molar-refractivity contribution in [3.63, 3.8) is 0 Å². The van der Waals surface area contributed by atoms with Crippen molar-refractivity contribution in [3.8, 4) is 0 Å². The molecule has 2 aromatic rings. The van der Waals surface area contributed by atoms with Crippen LogP contribution >= 0.6 is 0 Å². The number of anilines is 1. The predicted octanol–water partition coefficient (Wildman–Crippen LogP) is 2.46. The van der Waals surface area contributed by atoms with Crippen molar-refractivity contribution >= 4 is 21.6 Å². The van der Waals surface area contributed by atoms with Crippen LogP contribution in [0.3, 0.4) is 0 Å². The van der Waals surface area contributed by atoms with Gasteiger partial charge in [-0.2, -0.15) is 5.10 Å². The Morgan fingerprint density at radius 3 is 2.62 bits per heavy atom. The minimum Gasteiger partial charge on any atom is -0.306 e. The number of fused-ring (bicyclic) bond motifs is 1. The van der Waals surface area contributed by atoms with Crippen LogP contribution in [-0.2, 0) is 26.9 Å². The van der Waals surface area contributed by atoms with Gasteiger partial charge in [-0.25, -0.2) is 17.5 Å². The number of amides is 1.